The lowest BCUT2D eigenvalue weighted by Gasteiger charge is -2.15. The predicted octanol–water partition coefficient (Wildman–Crippen LogP) is 1.26. The van der Waals surface area contributed by atoms with Crippen LogP contribution in [-0.4, -0.2) is 40.1 Å². The summed E-state index contributed by atoms with van der Waals surface area (Å²) in [6, 6.07) is 8.07. The van der Waals surface area contributed by atoms with Crippen LogP contribution in [0.25, 0.3) is 0 Å². The summed E-state index contributed by atoms with van der Waals surface area (Å²) in [4.78, 5) is 0. The van der Waals surface area contributed by atoms with Gasteiger partial charge in [-0.1, -0.05) is 18.2 Å². The average molecular weight is 271 g/mol. The minimum absolute atomic E-state index is 0.170. The summed E-state index contributed by atoms with van der Waals surface area (Å²) in [5.41, 5.74) is 1.12. The van der Waals surface area contributed by atoms with E-state index in [9.17, 15) is 8.42 Å². The molecule has 0 saturated carbocycles. The van der Waals surface area contributed by atoms with Crippen LogP contribution >= 0.6 is 0 Å². The van der Waals surface area contributed by atoms with Gasteiger partial charge in [0.05, 0.1) is 12.9 Å². The molecular formula is C13H21NO3S. The van der Waals surface area contributed by atoms with Gasteiger partial charge in [-0.25, -0.2) is 8.42 Å². The zero-order chi connectivity index (χ0) is 13.6. The molecule has 1 aromatic rings. The molecule has 0 amide bonds. The molecule has 1 aromatic carbocycles. The lowest BCUT2D eigenvalue weighted by molar-refractivity contribution is 0.406. The number of hydrogen-bond acceptors (Lipinski definition) is 4. The fourth-order valence-electron chi connectivity index (χ4n) is 1.76. The Labute approximate surface area is 109 Å². The van der Waals surface area contributed by atoms with E-state index >= 15 is 0 Å². The number of benzene rings is 1. The number of rotatable bonds is 7. The van der Waals surface area contributed by atoms with Crippen LogP contribution in [0.2, 0.25) is 0 Å². The molecule has 0 heterocycles. The maximum Gasteiger partial charge on any atom is 0.148 e. The third kappa shape index (κ3) is 5.51. The van der Waals surface area contributed by atoms with E-state index in [-0.39, 0.29) is 11.8 Å². The van der Waals surface area contributed by atoms with Crippen molar-refractivity contribution in [2.75, 3.05) is 25.7 Å². The molecule has 1 atom stereocenters. The van der Waals surface area contributed by atoms with Gasteiger partial charge in [-0.3, -0.25) is 0 Å². The Balaban J connectivity index is 2.47. The molecule has 0 aliphatic heterocycles. The first kappa shape index (κ1) is 15.0. The Morgan fingerprint density at radius 1 is 1.33 bits per heavy atom. The molecule has 1 N–H and O–H groups in total. The van der Waals surface area contributed by atoms with E-state index in [4.69, 9.17) is 4.74 Å². The largest absolute Gasteiger partial charge is 0.496 e. The van der Waals surface area contributed by atoms with E-state index in [0.717, 1.165) is 17.7 Å². The molecular weight excluding hydrogens is 250 g/mol. The van der Waals surface area contributed by atoms with Crippen molar-refractivity contribution in [1.29, 1.82) is 0 Å². The van der Waals surface area contributed by atoms with Crippen LogP contribution < -0.4 is 10.1 Å². The molecule has 1 rings (SSSR count). The highest BCUT2D eigenvalue weighted by Crippen LogP contribution is 2.18. The summed E-state index contributed by atoms with van der Waals surface area (Å²) >= 11 is 0. The highest BCUT2D eigenvalue weighted by atomic mass is 32.2. The van der Waals surface area contributed by atoms with Crippen LogP contribution in [0.4, 0.5) is 0 Å². The van der Waals surface area contributed by atoms with Gasteiger partial charge in [-0.2, -0.15) is 0 Å². The minimum atomic E-state index is -2.89. The summed E-state index contributed by atoms with van der Waals surface area (Å²) in [5, 5.41) is 3.20. The SMILES string of the molecule is COc1ccccc1CC(C)NCCS(C)(=O)=O. The second-order valence-electron chi connectivity index (χ2n) is 4.50. The number of nitrogens with one attached hydrogen (secondary N) is 1. The summed E-state index contributed by atoms with van der Waals surface area (Å²) < 4.78 is 27.3. The highest BCUT2D eigenvalue weighted by molar-refractivity contribution is 7.90. The average Bonchev–Trinajstić information content (AvgIpc) is 2.28. The van der Waals surface area contributed by atoms with Crippen molar-refractivity contribution in [3.63, 3.8) is 0 Å². The molecule has 4 nitrogen and oxygen atoms in total. The van der Waals surface area contributed by atoms with Gasteiger partial charge < -0.3 is 10.1 Å². The van der Waals surface area contributed by atoms with E-state index < -0.39 is 9.84 Å². The molecule has 0 radical (unpaired) electrons. The Bertz CT molecular complexity index is 471. The Hall–Kier alpha value is -1.07. The van der Waals surface area contributed by atoms with Crippen molar-refractivity contribution < 1.29 is 13.2 Å². The standard InChI is InChI=1S/C13H21NO3S/c1-11(14-8-9-18(3,15)16)10-12-6-4-5-7-13(12)17-2/h4-7,11,14H,8-10H2,1-3H3. The normalized spacial score (nSPS) is 13.3. The van der Waals surface area contributed by atoms with Gasteiger partial charge in [-0.05, 0) is 25.0 Å². The fourth-order valence-corrected chi connectivity index (χ4v) is 2.25. The second kappa shape index (κ2) is 6.75. The zero-order valence-electron chi connectivity index (χ0n) is 11.1. The third-order valence-electron chi connectivity index (χ3n) is 2.68. The Morgan fingerprint density at radius 2 is 2.00 bits per heavy atom. The molecule has 0 fully saturated rings. The van der Waals surface area contributed by atoms with Crippen molar-refractivity contribution in [2.24, 2.45) is 0 Å². The molecule has 102 valence electrons. The Kier molecular flexibility index (Phi) is 5.62. The number of hydrogen-bond donors (Lipinski definition) is 1. The van der Waals surface area contributed by atoms with Crippen molar-refractivity contribution >= 4 is 9.84 Å². The number of ether oxygens (including phenoxy) is 1. The Morgan fingerprint density at radius 3 is 2.61 bits per heavy atom. The zero-order valence-corrected chi connectivity index (χ0v) is 12.0. The maximum absolute atomic E-state index is 11.0. The molecule has 0 aliphatic rings. The number of para-hydroxylation sites is 1. The van der Waals surface area contributed by atoms with Crippen molar-refractivity contribution in [1.82, 2.24) is 5.32 Å². The quantitative estimate of drug-likeness (QED) is 0.811. The molecule has 1 unspecified atom stereocenters. The van der Waals surface area contributed by atoms with Crippen molar-refractivity contribution in [3.05, 3.63) is 29.8 Å². The topological polar surface area (TPSA) is 55.4 Å². The molecule has 0 bridgehead atoms. The molecule has 18 heavy (non-hydrogen) atoms. The van der Waals surface area contributed by atoms with Crippen LogP contribution in [-0.2, 0) is 16.3 Å². The third-order valence-corrected chi connectivity index (χ3v) is 3.63. The smallest absolute Gasteiger partial charge is 0.148 e. The summed E-state index contributed by atoms with van der Waals surface area (Å²) in [5.74, 6) is 1.04. The highest BCUT2D eigenvalue weighted by Gasteiger charge is 2.08. The fraction of sp³-hybridized carbons (Fsp3) is 0.538. The van der Waals surface area contributed by atoms with Crippen LogP contribution in [0.3, 0.4) is 0 Å². The number of methoxy groups -OCH3 is 1. The summed E-state index contributed by atoms with van der Waals surface area (Å²) in [6.07, 6.45) is 2.06. The van der Waals surface area contributed by atoms with E-state index in [2.05, 4.69) is 5.32 Å². The first-order chi connectivity index (χ1) is 8.42. The second-order valence-corrected chi connectivity index (χ2v) is 6.76. The van der Waals surface area contributed by atoms with E-state index in [1.165, 1.54) is 6.26 Å². The molecule has 5 heteroatoms. The first-order valence-corrected chi connectivity index (χ1v) is 8.01. The van der Waals surface area contributed by atoms with E-state index in [0.29, 0.717) is 6.54 Å². The van der Waals surface area contributed by atoms with E-state index in [1.54, 1.807) is 7.11 Å². The number of sulfone groups is 1. The van der Waals surface area contributed by atoms with Crippen LogP contribution in [0, 0.1) is 0 Å². The van der Waals surface area contributed by atoms with Gasteiger partial charge >= 0.3 is 0 Å². The maximum atomic E-state index is 11.0. The van der Waals surface area contributed by atoms with Crippen molar-refractivity contribution in [2.45, 2.75) is 19.4 Å². The van der Waals surface area contributed by atoms with Gasteiger partial charge in [0.2, 0.25) is 0 Å². The lowest BCUT2D eigenvalue weighted by atomic mass is 10.1. The first-order valence-electron chi connectivity index (χ1n) is 5.95. The van der Waals surface area contributed by atoms with Crippen LogP contribution in [0.15, 0.2) is 24.3 Å². The molecule has 0 saturated heterocycles. The van der Waals surface area contributed by atoms with Gasteiger partial charge in [0.25, 0.3) is 0 Å². The van der Waals surface area contributed by atoms with Crippen molar-refractivity contribution in [3.8, 4) is 5.75 Å². The summed E-state index contributed by atoms with van der Waals surface area (Å²) in [7, 11) is -1.24. The van der Waals surface area contributed by atoms with Gasteiger partial charge in [0.15, 0.2) is 0 Å². The van der Waals surface area contributed by atoms with E-state index in [1.807, 2.05) is 31.2 Å². The molecule has 0 spiro atoms. The molecule has 0 aliphatic carbocycles. The van der Waals surface area contributed by atoms with Gasteiger partial charge in [0, 0.05) is 18.8 Å². The molecule has 0 aromatic heterocycles. The summed E-state index contributed by atoms with van der Waals surface area (Å²) in [6.45, 7) is 2.52. The monoisotopic (exact) mass is 271 g/mol. The van der Waals surface area contributed by atoms with Gasteiger partial charge in [0.1, 0.15) is 15.6 Å². The van der Waals surface area contributed by atoms with Crippen LogP contribution in [0.1, 0.15) is 12.5 Å². The van der Waals surface area contributed by atoms with Gasteiger partial charge in [-0.15, -0.1) is 0 Å². The predicted molar refractivity (Wildman–Crippen MR) is 73.9 cm³/mol. The van der Waals surface area contributed by atoms with Crippen LogP contribution in [0.5, 0.6) is 5.75 Å². The lowest BCUT2D eigenvalue weighted by Crippen LogP contribution is -2.32. The minimum Gasteiger partial charge on any atom is -0.496 e.